The molecule has 3 atom stereocenters. The fourth-order valence-corrected chi connectivity index (χ4v) is 3.98. The highest BCUT2D eigenvalue weighted by Crippen LogP contribution is 2.49. The molecular formula is C16H22FN. The van der Waals surface area contributed by atoms with Gasteiger partial charge < -0.3 is 5.32 Å². The van der Waals surface area contributed by atoms with E-state index in [4.69, 9.17) is 0 Å². The van der Waals surface area contributed by atoms with E-state index in [9.17, 15) is 4.39 Å². The molecule has 18 heavy (non-hydrogen) atoms. The van der Waals surface area contributed by atoms with Gasteiger partial charge in [0, 0.05) is 11.7 Å². The number of anilines is 1. The van der Waals surface area contributed by atoms with Crippen molar-refractivity contribution >= 4 is 5.69 Å². The lowest BCUT2D eigenvalue weighted by Gasteiger charge is -2.49. The number of nitrogens with one attached hydrogen (secondary N) is 1. The Labute approximate surface area is 109 Å². The molecule has 1 N–H and O–H groups in total. The lowest BCUT2D eigenvalue weighted by molar-refractivity contribution is 0.173. The second-order valence-corrected chi connectivity index (χ2v) is 6.69. The molecule has 1 aromatic carbocycles. The number of hydrogen-bond acceptors (Lipinski definition) is 1. The molecule has 0 bridgehead atoms. The number of hydrogen-bond donors (Lipinski definition) is 1. The van der Waals surface area contributed by atoms with Crippen LogP contribution >= 0.6 is 0 Å². The molecule has 1 saturated carbocycles. The van der Waals surface area contributed by atoms with Crippen molar-refractivity contribution in [3.8, 4) is 0 Å². The van der Waals surface area contributed by atoms with Gasteiger partial charge in [-0.1, -0.05) is 27.2 Å². The average Bonchev–Trinajstić information content (AvgIpc) is 2.30. The fraction of sp³-hybridized carbons (Fsp3) is 0.625. The van der Waals surface area contributed by atoms with Crippen LogP contribution in [-0.2, 0) is 5.41 Å². The molecule has 2 aliphatic rings. The molecule has 0 saturated heterocycles. The summed E-state index contributed by atoms with van der Waals surface area (Å²) in [5.41, 5.74) is 2.36. The van der Waals surface area contributed by atoms with Gasteiger partial charge in [-0.15, -0.1) is 0 Å². The number of halogens is 1. The first-order chi connectivity index (χ1) is 8.48. The van der Waals surface area contributed by atoms with Crippen molar-refractivity contribution in [3.63, 3.8) is 0 Å². The maximum absolute atomic E-state index is 13.5. The van der Waals surface area contributed by atoms with Crippen molar-refractivity contribution in [1.29, 1.82) is 0 Å². The fourth-order valence-electron chi connectivity index (χ4n) is 3.98. The third-order valence-corrected chi connectivity index (χ3v) is 5.06. The Morgan fingerprint density at radius 2 is 2.06 bits per heavy atom. The molecule has 1 heterocycles. The Kier molecular flexibility index (Phi) is 2.65. The lowest BCUT2D eigenvalue weighted by Crippen LogP contribution is -2.49. The molecule has 0 aromatic heterocycles. The quantitative estimate of drug-likeness (QED) is 0.719. The lowest BCUT2D eigenvalue weighted by atomic mass is 9.61. The average molecular weight is 247 g/mol. The zero-order valence-electron chi connectivity index (χ0n) is 11.5. The molecule has 1 fully saturated rings. The molecule has 3 rings (SSSR count). The molecule has 0 amide bonds. The largest absolute Gasteiger partial charge is 0.382 e. The van der Waals surface area contributed by atoms with E-state index in [2.05, 4.69) is 26.1 Å². The van der Waals surface area contributed by atoms with Gasteiger partial charge in [0.05, 0.1) is 0 Å². The topological polar surface area (TPSA) is 12.0 Å². The van der Waals surface area contributed by atoms with E-state index in [0.717, 1.165) is 17.2 Å². The molecule has 1 aromatic rings. The Bertz CT molecular complexity index is 466. The second kappa shape index (κ2) is 3.97. The first-order valence-electron chi connectivity index (χ1n) is 7.05. The van der Waals surface area contributed by atoms with Crippen LogP contribution in [0.3, 0.4) is 0 Å². The smallest absolute Gasteiger partial charge is 0.123 e. The van der Waals surface area contributed by atoms with E-state index in [0.29, 0.717) is 12.0 Å². The molecule has 0 spiro atoms. The highest BCUT2D eigenvalue weighted by molar-refractivity contribution is 5.58. The summed E-state index contributed by atoms with van der Waals surface area (Å²) in [4.78, 5) is 0. The van der Waals surface area contributed by atoms with Gasteiger partial charge in [0.1, 0.15) is 5.82 Å². The van der Waals surface area contributed by atoms with Gasteiger partial charge in [-0.25, -0.2) is 4.39 Å². The van der Waals surface area contributed by atoms with Gasteiger partial charge >= 0.3 is 0 Å². The summed E-state index contributed by atoms with van der Waals surface area (Å²) in [5.74, 6) is 1.31. The van der Waals surface area contributed by atoms with Crippen molar-refractivity contribution in [2.45, 2.75) is 51.5 Å². The predicted octanol–water partition coefficient (Wildman–Crippen LogP) is 4.33. The summed E-state index contributed by atoms with van der Waals surface area (Å²) in [6.45, 7) is 6.89. The second-order valence-electron chi connectivity index (χ2n) is 6.69. The zero-order valence-corrected chi connectivity index (χ0v) is 11.5. The van der Waals surface area contributed by atoms with E-state index in [1.165, 1.54) is 19.3 Å². The molecule has 0 unspecified atom stereocenters. The Morgan fingerprint density at radius 1 is 1.28 bits per heavy atom. The van der Waals surface area contributed by atoms with Crippen LogP contribution in [0.4, 0.5) is 10.1 Å². The number of rotatable bonds is 0. The maximum Gasteiger partial charge on any atom is 0.123 e. The SMILES string of the molecule is C[C@@H]1CC[C@H]2[C@H](C1)Nc1ccc(F)cc1C2(C)C. The van der Waals surface area contributed by atoms with E-state index >= 15 is 0 Å². The minimum Gasteiger partial charge on any atom is -0.382 e. The molecule has 1 aliphatic heterocycles. The summed E-state index contributed by atoms with van der Waals surface area (Å²) >= 11 is 0. The van der Waals surface area contributed by atoms with Gasteiger partial charge in [-0.3, -0.25) is 0 Å². The molecule has 1 nitrogen and oxygen atoms in total. The van der Waals surface area contributed by atoms with Crippen molar-refractivity contribution in [3.05, 3.63) is 29.6 Å². The minimum absolute atomic E-state index is 0.0769. The zero-order chi connectivity index (χ0) is 12.9. The van der Waals surface area contributed by atoms with Gasteiger partial charge in [-0.05, 0) is 53.9 Å². The van der Waals surface area contributed by atoms with Crippen LogP contribution in [0.2, 0.25) is 0 Å². The van der Waals surface area contributed by atoms with E-state index in [1.54, 1.807) is 12.1 Å². The van der Waals surface area contributed by atoms with Crippen LogP contribution < -0.4 is 5.32 Å². The van der Waals surface area contributed by atoms with E-state index < -0.39 is 0 Å². The van der Waals surface area contributed by atoms with Crippen LogP contribution in [0.1, 0.15) is 45.6 Å². The van der Waals surface area contributed by atoms with Gasteiger partial charge in [0.25, 0.3) is 0 Å². The summed E-state index contributed by atoms with van der Waals surface area (Å²) < 4.78 is 13.5. The highest BCUT2D eigenvalue weighted by Gasteiger charge is 2.44. The van der Waals surface area contributed by atoms with E-state index in [1.807, 2.05) is 6.07 Å². The van der Waals surface area contributed by atoms with Crippen molar-refractivity contribution in [2.24, 2.45) is 11.8 Å². The first kappa shape index (κ1) is 12.0. The van der Waals surface area contributed by atoms with Gasteiger partial charge in [0.2, 0.25) is 0 Å². The molecule has 2 heteroatoms. The van der Waals surface area contributed by atoms with E-state index in [-0.39, 0.29) is 11.2 Å². The van der Waals surface area contributed by atoms with Gasteiger partial charge in [-0.2, -0.15) is 0 Å². The molecular weight excluding hydrogens is 225 g/mol. The summed E-state index contributed by atoms with van der Waals surface area (Å²) in [6.07, 6.45) is 3.80. The molecule has 1 aliphatic carbocycles. The normalized spacial score (nSPS) is 33.2. The van der Waals surface area contributed by atoms with Gasteiger partial charge in [0.15, 0.2) is 0 Å². The van der Waals surface area contributed by atoms with Crippen LogP contribution in [0.5, 0.6) is 0 Å². The third kappa shape index (κ3) is 1.73. The molecule has 0 radical (unpaired) electrons. The summed E-state index contributed by atoms with van der Waals surface area (Å²) in [5, 5.41) is 3.65. The predicted molar refractivity (Wildman–Crippen MR) is 73.3 cm³/mol. The summed E-state index contributed by atoms with van der Waals surface area (Å²) in [6, 6.07) is 5.74. The number of fused-ring (bicyclic) bond motifs is 2. The Morgan fingerprint density at radius 3 is 2.83 bits per heavy atom. The van der Waals surface area contributed by atoms with Crippen LogP contribution in [-0.4, -0.2) is 6.04 Å². The Balaban J connectivity index is 2.04. The molecule has 98 valence electrons. The van der Waals surface area contributed by atoms with Crippen LogP contribution in [0.25, 0.3) is 0 Å². The van der Waals surface area contributed by atoms with Crippen molar-refractivity contribution < 1.29 is 4.39 Å². The number of benzene rings is 1. The van der Waals surface area contributed by atoms with Crippen molar-refractivity contribution in [2.75, 3.05) is 5.32 Å². The third-order valence-electron chi connectivity index (χ3n) is 5.06. The van der Waals surface area contributed by atoms with Crippen LogP contribution in [0.15, 0.2) is 18.2 Å². The minimum atomic E-state index is -0.119. The standard InChI is InChI=1S/C16H22FN/c1-10-4-6-12-15(8-10)18-14-7-5-11(17)9-13(14)16(12,2)3/h5,7,9-10,12,15,18H,4,6,8H2,1-3H3/t10-,12+,15+/m1/s1. The van der Waals surface area contributed by atoms with Crippen LogP contribution in [0, 0.1) is 17.7 Å². The first-order valence-corrected chi connectivity index (χ1v) is 7.05. The summed E-state index contributed by atoms with van der Waals surface area (Å²) in [7, 11) is 0. The Hall–Kier alpha value is -1.05. The van der Waals surface area contributed by atoms with Crippen molar-refractivity contribution in [1.82, 2.24) is 0 Å². The monoisotopic (exact) mass is 247 g/mol. The maximum atomic E-state index is 13.5. The highest BCUT2D eigenvalue weighted by atomic mass is 19.1.